The molecule has 0 unspecified atom stereocenters. The van der Waals surface area contributed by atoms with E-state index in [1.165, 1.54) is 0 Å². The molecule has 0 aliphatic carbocycles. The lowest BCUT2D eigenvalue weighted by atomic mass is 10.2. The summed E-state index contributed by atoms with van der Waals surface area (Å²) in [4.78, 5) is 6.40. The van der Waals surface area contributed by atoms with Crippen molar-refractivity contribution in [2.24, 2.45) is 0 Å². The minimum atomic E-state index is -3.38. The first-order valence-corrected chi connectivity index (χ1v) is 9.87. The lowest BCUT2D eigenvalue weighted by molar-refractivity contribution is 0.600. The maximum absolute atomic E-state index is 12.2. The van der Waals surface area contributed by atoms with E-state index in [0.29, 0.717) is 12.1 Å². The van der Waals surface area contributed by atoms with Crippen LogP contribution in [0.2, 0.25) is 0 Å². The van der Waals surface area contributed by atoms with Crippen LogP contribution in [0.15, 0.2) is 48.7 Å². The van der Waals surface area contributed by atoms with Crippen molar-refractivity contribution in [3.8, 4) is 0 Å². The van der Waals surface area contributed by atoms with E-state index in [9.17, 15) is 8.42 Å². The van der Waals surface area contributed by atoms with Crippen LogP contribution in [0.25, 0.3) is 0 Å². The van der Waals surface area contributed by atoms with Gasteiger partial charge in [0.15, 0.2) is 0 Å². The van der Waals surface area contributed by atoms with Crippen LogP contribution >= 0.6 is 0 Å². The molecular weight excluding hydrogens is 322 g/mol. The third-order valence-electron chi connectivity index (χ3n) is 3.76. The number of rotatable bonds is 9. The highest BCUT2D eigenvalue weighted by Crippen LogP contribution is 2.15. The minimum Gasteiger partial charge on any atom is -0.360 e. The van der Waals surface area contributed by atoms with Gasteiger partial charge in [-0.05, 0) is 30.5 Å². The number of anilines is 2. The Morgan fingerprint density at radius 3 is 2.50 bits per heavy atom. The van der Waals surface area contributed by atoms with Gasteiger partial charge in [0, 0.05) is 13.6 Å². The van der Waals surface area contributed by atoms with Crippen molar-refractivity contribution >= 4 is 21.5 Å². The van der Waals surface area contributed by atoms with Crippen LogP contribution in [-0.2, 0) is 16.4 Å². The number of hydrogen-bond acceptors (Lipinski definition) is 4. The quantitative estimate of drug-likeness (QED) is 0.756. The van der Waals surface area contributed by atoms with E-state index in [-0.39, 0.29) is 5.75 Å². The number of nitrogens with one attached hydrogen (secondary N) is 1. The molecule has 0 aliphatic rings. The van der Waals surface area contributed by atoms with Gasteiger partial charge in [0.05, 0.1) is 17.6 Å². The summed E-state index contributed by atoms with van der Waals surface area (Å²) in [6.07, 6.45) is 4.29. The summed E-state index contributed by atoms with van der Waals surface area (Å²) in [5.74, 6) is 0.894. The lowest BCUT2D eigenvalue weighted by Crippen LogP contribution is -2.20. The SMILES string of the molecule is CCCCN(C)c1ccc(NS(=O)(=O)CCc2ccccc2)cn1. The molecule has 0 saturated carbocycles. The number of pyridine rings is 1. The van der Waals surface area contributed by atoms with E-state index in [2.05, 4.69) is 21.5 Å². The molecule has 0 bridgehead atoms. The Morgan fingerprint density at radius 2 is 1.88 bits per heavy atom. The molecule has 1 aromatic carbocycles. The number of nitrogens with zero attached hydrogens (tertiary/aromatic N) is 2. The smallest absolute Gasteiger partial charge is 0.233 e. The lowest BCUT2D eigenvalue weighted by Gasteiger charge is -2.18. The van der Waals surface area contributed by atoms with Crippen molar-refractivity contribution in [3.63, 3.8) is 0 Å². The summed E-state index contributed by atoms with van der Waals surface area (Å²) >= 11 is 0. The zero-order valence-corrected chi connectivity index (χ0v) is 15.1. The molecule has 1 N–H and O–H groups in total. The third-order valence-corrected chi connectivity index (χ3v) is 5.05. The van der Waals surface area contributed by atoms with E-state index in [4.69, 9.17) is 0 Å². The van der Waals surface area contributed by atoms with Crippen LogP contribution in [-0.4, -0.2) is 32.7 Å². The number of unbranched alkanes of at least 4 members (excludes halogenated alkanes) is 1. The van der Waals surface area contributed by atoms with Gasteiger partial charge in [-0.3, -0.25) is 4.72 Å². The number of aryl methyl sites for hydroxylation is 1. The molecule has 2 aromatic rings. The van der Waals surface area contributed by atoms with Crippen molar-refractivity contribution in [2.75, 3.05) is 29.0 Å². The molecule has 130 valence electrons. The summed E-state index contributed by atoms with van der Waals surface area (Å²) in [7, 11) is -1.40. The van der Waals surface area contributed by atoms with Crippen molar-refractivity contribution < 1.29 is 8.42 Å². The maximum Gasteiger partial charge on any atom is 0.233 e. The normalized spacial score (nSPS) is 11.2. The second-order valence-electron chi connectivity index (χ2n) is 5.84. The molecule has 24 heavy (non-hydrogen) atoms. The Balaban J connectivity index is 1.92. The van der Waals surface area contributed by atoms with Gasteiger partial charge in [-0.25, -0.2) is 13.4 Å². The molecule has 0 aliphatic heterocycles. The fourth-order valence-electron chi connectivity index (χ4n) is 2.31. The highest BCUT2D eigenvalue weighted by Gasteiger charge is 2.11. The maximum atomic E-state index is 12.2. The molecule has 0 amide bonds. The standard InChI is InChI=1S/C18H25N3O2S/c1-3-4-13-21(2)18-11-10-17(15-19-18)20-24(22,23)14-12-16-8-6-5-7-9-16/h5-11,15,20H,3-4,12-14H2,1-2H3. The molecule has 0 radical (unpaired) electrons. The van der Waals surface area contributed by atoms with Crippen LogP contribution < -0.4 is 9.62 Å². The zero-order valence-electron chi connectivity index (χ0n) is 14.3. The van der Waals surface area contributed by atoms with Crippen LogP contribution in [0.1, 0.15) is 25.3 Å². The number of hydrogen-bond donors (Lipinski definition) is 1. The molecule has 6 heteroatoms. The Hall–Kier alpha value is -2.08. The molecule has 5 nitrogen and oxygen atoms in total. The van der Waals surface area contributed by atoms with E-state index in [1.54, 1.807) is 12.3 Å². The van der Waals surface area contributed by atoms with Crippen molar-refractivity contribution in [1.82, 2.24) is 4.98 Å². The van der Waals surface area contributed by atoms with E-state index in [1.807, 2.05) is 43.4 Å². The summed E-state index contributed by atoms with van der Waals surface area (Å²) in [5, 5.41) is 0. The van der Waals surface area contributed by atoms with Crippen LogP contribution in [0.4, 0.5) is 11.5 Å². The van der Waals surface area contributed by atoms with Gasteiger partial charge in [-0.2, -0.15) is 0 Å². The topological polar surface area (TPSA) is 62.3 Å². The monoisotopic (exact) mass is 347 g/mol. The van der Waals surface area contributed by atoms with Gasteiger partial charge in [-0.15, -0.1) is 0 Å². The van der Waals surface area contributed by atoms with E-state index in [0.717, 1.165) is 30.8 Å². The summed E-state index contributed by atoms with van der Waals surface area (Å²) in [5.41, 5.74) is 1.50. The van der Waals surface area contributed by atoms with Crippen molar-refractivity contribution in [3.05, 3.63) is 54.2 Å². The molecule has 1 heterocycles. The van der Waals surface area contributed by atoms with Crippen molar-refractivity contribution in [1.29, 1.82) is 0 Å². The molecule has 0 atom stereocenters. The second-order valence-corrected chi connectivity index (χ2v) is 7.68. The van der Waals surface area contributed by atoms with Crippen LogP contribution in [0.3, 0.4) is 0 Å². The summed E-state index contributed by atoms with van der Waals surface area (Å²) in [6, 6.07) is 13.2. The van der Waals surface area contributed by atoms with Crippen LogP contribution in [0, 0.1) is 0 Å². The Kier molecular flexibility index (Phi) is 6.61. The molecule has 2 rings (SSSR count). The summed E-state index contributed by atoms with van der Waals surface area (Å²) < 4.78 is 27.0. The fourth-order valence-corrected chi connectivity index (χ4v) is 3.40. The van der Waals surface area contributed by atoms with E-state index >= 15 is 0 Å². The largest absolute Gasteiger partial charge is 0.360 e. The second kappa shape index (κ2) is 8.68. The molecular formula is C18H25N3O2S. The average molecular weight is 347 g/mol. The van der Waals surface area contributed by atoms with Gasteiger partial charge in [0.2, 0.25) is 10.0 Å². The van der Waals surface area contributed by atoms with Gasteiger partial charge in [0.1, 0.15) is 5.82 Å². The minimum absolute atomic E-state index is 0.0508. The molecule has 0 fully saturated rings. The Bertz CT molecular complexity index is 716. The van der Waals surface area contributed by atoms with Gasteiger partial charge >= 0.3 is 0 Å². The number of aromatic nitrogens is 1. The highest BCUT2D eigenvalue weighted by atomic mass is 32.2. The fraction of sp³-hybridized carbons (Fsp3) is 0.389. The Labute approximate surface area is 144 Å². The van der Waals surface area contributed by atoms with Crippen LogP contribution in [0.5, 0.6) is 0 Å². The predicted octanol–water partition coefficient (Wildman–Crippen LogP) is 3.30. The average Bonchev–Trinajstić information content (AvgIpc) is 2.59. The zero-order chi connectivity index (χ0) is 17.4. The highest BCUT2D eigenvalue weighted by molar-refractivity contribution is 7.92. The molecule has 0 spiro atoms. The number of benzene rings is 1. The first-order valence-electron chi connectivity index (χ1n) is 8.22. The number of sulfonamides is 1. The summed E-state index contributed by atoms with van der Waals surface area (Å²) in [6.45, 7) is 3.08. The molecule has 0 saturated heterocycles. The third kappa shape index (κ3) is 5.85. The van der Waals surface area contributed by atoms with Gasteiger partial charge in [0.25, 0.3) is 0 Å². The molecule has 1 aromatic heterocycles. The van der Waals surface area contributed by atoms with E-state index < -0.39 is 10.0 Å². The van der Waals surface area contributed by atoms with Gasteiger partial charge < -0.3 is 4.90 Å². The predicted molar refractivity (Wildman–Crippen MR) is 100.0 cm³/mol. The Morgan fingerprint density at radius 1 is 1.12 bits per heavy atom. The van der Waals surface area contributed by atoms with Crippen molar-refractivity contribution in [2.45, 2.75) is 26.2 Å². The first kappa shape index (κ1) is 18.3. The first-order chi connectivity index (χ1) is 11.5. The van der Waals surface area contributed by atoms with Gasteiger partial charge in [-0.1, -0.05) is 43.7 Å².